The molecule has 1 heterocycles. The lowest BCUT2D eigenvalue weighted by Gasteiger charge is -2.10. The summed E-state index contributed by atoms with van der Waals surface area (Å²) in [6.45, 7) is 2.70. The van der Waals surface area contributed by atoms with E-state index in [1.807, 2.05) is 12.3 Å². The van der Waals surface area contributed by atoms with Gasteiger partial charge in [0.15, 0.2) is 0 Å². The first kappa shape index (κ1) is 12.2. The monoisotopic (exact) mass is 226 g/mol. The molecule has 1 aromatic heterocycles. The van der Waals surface area contributed by atoms with Crippen molar-refractivity contribution in [3.05, 3.63) is 22.4 Å². The highest BCUT2D eigenvalue weighted by Gasteiger charge is 2.10. The molecule has 3 N–H and O–H groups in total. The maximum absolute atomic E-state index is 11.4. The third-order valence-corrected chi connectivity index (χ3v) is 2.96. The lowest BCUT2D eigenvalue weighted by molar-refractivity contribution is -0.122. The van der Waals surface area contributed by atoms with Crippen LogP contribution in [0.2, 0.25) is 0 Å². The van der Waals surface area contributed by atoms with Crippen LogP contribution in [-0.4, -0.2) is 18.5 Å². The number of carbonyl (C=O) groups is 1. The second-order valence-electron chi connectivity index (χ2n) is 3.57. The van der Waals surface area contributed by atoms with E-state index < -0.39 is 0 Å². The topological polar surface area (TPSA) is 55.1 Å². The van der Waals surface area contributed by atoms with Gasteiger partial charge in [0.05, 0.1) is 6.04 Å². The molecule has 15 heavy (non-hydrogen) atoms. The van der Waals surface area contributed by atoms with E-state index in [1.54, 1.807) is 11.3 Å². The van der Waals surface area contributed by atoms with Gasteiger partial charge in [-0.2, -0.15) is 11.3 Å². The molecule has 84 valence electrons. The maximum atomic E-state index is 11.4. The zero-order valence-corrected chi connectivity index (χ0v) is 9.85. The van der Waals surface area contributed by atoms with Crippen LogP contribution in [0, 0.1) is 0 Å². The van der Waals surface area contributed by atoms with Crippen molar-refractivity contribution in [2.75, 3.05) is 6.54 Å². The number of hydrogen-bond donors (Lipinski definition) is 2. The number of thiophene rings is 1. The van der Waals surface area contributed by atoms with Crippen LogP contribution in [0.5, 0.6) is 0 Å². The van der Waals surface area contributed by atoms with Crippen LogP contribution < -0.4 is 11.1 Å². The molecule has 1 amide bonds. The first-order valence-electron chi connectivity index (χ1n) is 5.28. The van der Waals surface area contributed by atoms with Crippen molar-refractivity contribution in [2.45, 2.75) is 32.2 Å². The first-order valence-corrected chi connectivity index (χ1v) is 6.22. The normalized spacial score (nSPS) is 12.4. The molecule has 0 saturated carbocycles. The summed E-state index contributed by atoms with van der Waals surface area (Å²) in [5.41, 5.74) is 6.95. The molecule has 4 heteroatoms. The number of nitrogens with two attached hydrogens (primary N) is 1. The second kappa shape index (κ2) is 6.58. The third kappa shape index (κ3) is 4.44. The van der Waals surface area contributed by atoms with Crippen LogP contribution in [-0.2, 0) is 11.2 Å². The Morgan fingerprint density at radius 2 is 2.47 bits per heavy atom. The highest BCUT2D eigenvalue weighted by Crippen LogP contribution is 2.05. The van der Waals surface area contributed by atoms with Gasteiger partial charge in [-0.1, -0.05) is 13.3 Å². The van der Waals surface area contributed by atoms with E-state index in [1.165, 1.54) is 5.56 Å². The van der Waals surface area contributed by atoms with E-state index in [-0.39, 0.29) is 11.9 Å². The number of amides is 1. The Balaban J connectivity index is 2.17. The predicted molar refractivity (Wildman–Crippen MR) is 63.9 cm³/mol. The van der Waals surface area contributed by atoms with Gasteiger partial charge in [-0.25, -0.2) is 0 Å². The quantitative estimate of drug-likeness (QED) is 0.773. The van der Waals surface area contributed by atoms with Crippen LogP contribution in [0.15, 0.2) is 16.8 Å². The SMILES string of the molecule is CCC[C@@H](N)C(=O)NCCc1ccsc1. The molecule has 0 aliphatic heterocycles. The van der Waals surface area contributed by atoms with Gasteiger partial charge >= 0.3 is 0 Å². The average molecular weight is 226 g/mol. The van der Waals surface area contributed by atoms with Gasteiger partial charge in [-0.3, -0.25) is 4.79 Å². The fraction of sp³-hybridized carbons (Fsp3) is 0.545. The van der Waals surface area contributed by atoms with E-state index in [9.17, 15) is 4.79 Å². The Kier molecular flexibility index (Phi) is 5.36. The summed E-state index contributed by atoms with van der Waals surface area (Å²) in [5, 5.41) is 6.98. The van der Waals surface area contributed by atoms with Crippen molar-refractivity contribution in [1.82, 2.24) is 5.32 Å². The molecule has 0 aliphatic rings. The summed E-state index contributed by atoms with van der Waals surface area (Å²) in [5.74, 6) is -0.0351. The smallest absolute Gasteiger partial charge is 0.236 e. The molecule has 3 nitrogen and oxygen atoms in total. The van der Waals surface area contributed by atoms with E-state index in [2.05, 4.69) is 16.8 Å². The van der Waals surface area contributed by atoms with Gasteiger partial charge in [-0.05, 0) is 35.2 Å². The molecule has 1 rings (SSSR count). The van der Waals surface area contributed by atoms with Crippen LogP contribution >= 0.6 is 11.3 Å². The fourth-order valence-corrected chi connectivity index (χ4v) is 2.04. The minimum Gasteiger partial charge on any atom is -0.354 e. The van der Waals surface area contributed by atoms with Crippen LogP contribution in [0.3, 0.4) is 0 Å². The minimum atomic E-state index is -0.350. The van der Waals surface area contributed by atoms with Crippen LogP contribution in [0.25, 0.3) is 0 Å². The summed E-state index contributed by atoms with van der Waals surface area (Å²) < 4.78 is 0. The van der Waals surface area contributed by atoms with Gasteiger partial charge in [0, 0.05) is 6.54 Å². The van der Waals surface area contributed by atoms with E-state index in [0.29, 0.717) is 6.54 Å². The summed E-state index contributed by atoms with van der Waals surface area (Å²) in [7, 11) is 0. The molecule has 0 bridgehead atoms. The summed E-state index contributed by atoms with van der Waals surface area (Å²) in [4.78, 5) is 11.4. The van der Waals surface area contributed by atoms with Crippen molar-refractivity contribution in [3.63, 3.8) is 0 Å². The number of nitrogens with one attached hydrogen (secondary N) is 1. The summed E-state index contributed by atoms with van der Waals surface area (Å²) >= 11 is 1.68. The van der Waals surface area contributed by atoms with Gasteiger partial charge in [-0.15, -0.1) is 0 Å². The van der Waals surface area contributed by atoms with Crippen molar-refractivity contribution < 1.29 is 4.79 Å². The van der Waals surface area contributed by atoms with E-state index in [0.717, 1.165) is 19.3 Å². The predicted octanol–water partition coefficient (Wildman–Crippen LogP) is 1.53. The van der Waals surface area contributed by atoms with Crippen molar-refractivity contribution in [2.24, 2.45) is 5.73 Å². The molecule has 0 aliphatic carbocycles. The van der Waals surface area contributed by atoms with Crippen LogP contribution in [0.4, 0.5) is 0 Å². The molecule has 0 unspecified atom stereocenters. The molecule has 0 fully saturated rings. The summed E-state index contributed by atoms with van der Waals surface area (Å²) in [6, 6.07) is 1.72. The maximum Gasteiger partial charge on any atom is 0.236 e. The zero-order chi connectivity index (χ0) is 11.1. The van der Waals surface area contributed by atoms with Gasteiger partial charge in [0.2, 0.25) is 5.91 Å². The molecule has 0 radical (unpaired) electrons. The summed E-state index contributed by atoms with van der Waals surface area (Å²) in [6.07, 6.45) is 2.58. The Morgan fingerprint density at radius 3 is 3.07 bits per heavy atom. The van der Waals surface area contributed by atoms with Crippen molar-refractivity contribution >= 4 is 17.2 Å². The fourth-order valence-electron chi connectivity index (χ4n) is 1.34. The lowest BCUT2D eigenvalue weighted by Crippen LogP contribution is -2.41. The molecule has 0 aromatic carbocycles. The third-order valence-electron chi connectivity index (χ3n) is 2.23. The Morgan fingerprint density at radius 1 is 1.67 bits per heavy atom. The average Bonchev–Trinajstić information content (AvgIpc) is 2.71. The lowest BCUT2D eigenvalue weighted by atomic mass is 10.1. The number of carbonyl (C=O) groups excluding carboxylic acids is 1. The highest BCUT2D eigenvalue weighted by atomic mass is 32.1. The molecular formula is C11H18N2OS. The van der Waals surface area contributed by atoms with E-state index in [4.69, 9.17) is 5.73 Å². The van der Waals surface area contributed by atoms with Crippen molar-refractivity contribution in [1.29, 1.82) is 0 Å². The van der Waals surface area contributed by atoms with Gasteiger partial charge in [0.1, 0.15) is 0 Å². The molecule has 1 aromatic rings. The number of rotatable bonds is 6. The molecule has 0 saturated heterocycles. The Labute approximate surface area is 94.7 Å². The Bertz CT molecular complexity index is 285. The first-order chi connectivity index (χ1) is 7.24. The van der Waals surface area contributed by atoms with Crippen LogP contribution in [0.1, 0.15) is 25.3 Å². The number of hydrogen-bond acceptors (Lipinski definition) is 3. The van der Waals surface area contributed by atoms with Gasteiger partial charge in [0.25, 0.3) is 0 Å². The largest absolute Gasteiger partial charge is 0.354 e. The molecular weight excluding hydrogens is 208 g/mol. The van der Waals surface area contributed by atoms with Crippen molar-refractivity contribution in [3.8, 4) is 0 Å². The minimum absolute atomic E-state index is 0.0351. The zero-order valence-electron chi connectivity index (χ0n) is 9.03. The molecule has 1 atom stereocenters. The molecule has 0 spiro atoms. The van der Waals surface area contributed by atoms with Gasteiger partial charge < -0.3 is 11.1 Å². The van der Waals surface area contributed by atoms with E-state index >= 15 is 0 Å². The standard InChI is InChI=1S/C11H18N2OS/c1-2-3-10(12)11(14)13-6-4-9-5-7-15-8-9/h5,7-8,10H,2-4,6,12H2,1H3,(H,13,14)/t10-/m1/s1. The second-order valence-corrected chi connectivity index (χ2v) is 4.35. The highest BCUT2D eigenvalue weighted by molar-refractivity contribution is 7.07. The Hall–Kier alpha value is -0.870.